The van der Waals surface area contributed by atoms with Gasteiger partial charge in [-0.1, -0.05) is 36.4 Å². The third-order valence-electron chi connectivity index (χ3n) is 3.92. The van der Waals surface area contributed by atoms with Crippen LogP contribution in [0.5, 0.6) is 0 Å². The first-order chi connectivity index (χ1) is 11.6. The van der Waals surface area contributed by atoms with Crippen molar-refractivity contribution in [1.82, 2.24) is 14.9 Å². The molecule has 0 saturated carbocycles. The average Bonchev–Trinajstić information content (AvgIpc) is 2.92. The number of carbonyl (C=O) groups is 1. The van der Waals surface area contributed by atoms with Gasteiger partial charge in [0.1, 0.15) is 5.69 Å². The highest BCUT2D eigenvalue weighted by Crippen LogP contribution is 2.26. The van der Waals surface area contributed by atoms with Crippen LogP contribution in [-0.4, -0.2) is 20.9 Å². The number of benzene rings is 2. The predicted octanol–water partition coefficient (Wildman–Crippen LogP) is 2.41. The van der Waals surface area contributed by atoms with Gasteiger partial charge in [-0.2, -0.15) is 0 Å². The number of hydrogen-bond acceptors (Lipinski definition) is 4. The van der Waals surface area contributed by atoms with Crippen molar-refractivity contribution in [2.24, 2.45) is 0 Å². The molecule has 0 aromatic heterocycles. The van der Waals surface area contributed by atoms with Gasteiger partial charge in [-0.3, -0.25) is 4.79 Å². The topological polar surface area (TPSA) is 77.0 Å². The number of nitrogens with one attached hydrogen (secondary N) is 1. The fourth-order valence-electron chi connectivity index (χ4n) is 2.69. The number of hydrogen-bond donors (Lipinski definition) is 1. The first kappa shape index (κ1) is 14.2. The van der Waals surface area contributed by atoms with Crippen molar-refractivity contribution in [2.45, 2.75) is 6.92 Å². The van der Waals surface area contributed by atoms with Gasteiger partial charge in [0.15, 0.2) is 0 Å². The van der Waals surface area contributed by atoms with E-state index in [1.54, 1.807) is 36.5 Å². The van der Waals surface area contributed by atoms with Crippen molar-refractivity contribution in [3.05, 3.63) is 76.2 Å². The summed E-state index contributed by atoms with van der Waals surface area (Å²) < 4.78 is 0. The Hall–Kier alpha value is -3.41. The monoisotopic (exact) mass is 319 g/mol. The second-order valence-electron chi connectivity index (χ2n) is 5.47. The summed E-state index contributed by atoms with van der Waals surface area (Å²) >= 11 is 0. The van der Waals surface area contributed by atoms with E-state index < -0.39 is 11.5 Å². The molecular formula is C18H13N3O3. The molecule has 0 saturated heterocycles. The van der Waals surface area contributed by atoms with E-state index in [0.717, 1.165) is 21.3 Å². The van der Waals surface area contributed by atoms with Gasteiger partial charge in [-0.25, -0.2) is 4.79 Å². The van der Waals surface area contributed by atoms with Crippen LogP contribution in [-0.2, 0) is 0 Å². The van der Waals surface area contributed by atoms with Gasteiger partial charge in [0, 0.05) is 11.6 Å². The number of H-pyrrole nitrogens is 1. The molecule has 2 aromatic carbocycles. The second kappa shape index (κ2) is 5.34. The number of nitrogens with zero attached hydrogens (tertiary/aromatic N) is 2. The molecule has 0 radical (unpaired) electrons. The van der Waals surface area contributed by atoms with E-state index in [1.807, 2.05) is 25.1 Å². The molecule has 0 spiro atoms. The minimum absolute atomic E-state index is 0.351. The lowest BCUT2D eigenvalue weighted by atomic mass is 10.1. The Morgan fingerprint density at radius 1 is 1.12 bits per heavy atom. The van der Waals surface area contributed by atoms with Crippen LogP contribution in [0.25, 0.3) is 22.2 Å². The summed E-state index contributed by atoms with van der Waals surface area (Å²) in [6.45, 7) is 1.97. The fraction of sp³-hybridized carbons (Fsp3) is 0.0556. The van der Waals surface area contributed by atoms with E-state index in [0.29, 0.717) is 16.8 Å². The molecule has 118 valence electrons. The minimum Gasteiger partial charge on any atom is -0.360 e. The molecule has 24 heavy (non-hydrogen) atoms. The Morgan fingerprint density at radius 3 is 2.71 bits per heavy atom. The largest absolute Gasteiger partial charge is 0.365 e. The Bertz CT molecular complexity index is 1080. The molecule has 4 rings (SSSR count). The Kier molecular flexibility index (Phi) is 3.16. The van der Waals surface area contributed by atoms with Crippen LogP contribution in [0.2, 0.25) is 0 Å². The van der Waals surface area contributed by atoms with E-state index in [9.17, 15) is 9.59 Å². The predicted molar refractivity (Wildman–Crippen MR) is 89.1 cm³/mol. The lowest BCUT2D eigenvalue weighted by molar-refractivity contribution is 0.0379. The molecule has 2 aliphatic rings. The fourth-order valence-corrected chi connectivity index (χ4v) is 2.69. The molecule has 6 heteroatoms. The maximum absolute atomic E-state index is 12.4. The minimum atomic E-state index is -0.634. The smallest absolute Gasteiger partial charge is 0.360 e. The van der Waals surface area contributed by atoms with Gasteiger partial charge in [-0.05, 0) is 29.5 Å². The van der Waals surface area contributed by atoms with Crippen molar-refractivity contribution in [2.75, 3.05) is 0 Å². The zero-order valence-electron chi connectivity index (χ0n) is 12.8. The summed E-state index contributed by atoms with van der Waals surface area (Å²) in [7, 11) is 0. The van der Waals surface area contributed by atoms with Crippen LogP contribution in [0.15, 0.2) is 59.5 Å². The van der Waals surface area contributed by atoms with Crippen molar-refractivity contribution < 1.29 is 9.63 Å². The van der Waals surface area contributed by atoms with Crippen LogP contribution in [0.1, 0.15) is 15.9 Å². The molecule has 0 amide bonds. The van der Waals surface area contributed by atoms with Crippen molar-refractivity contribution in [1.29, 1.82) is 0 Å². The third-order valence-corrected chi connectivity index (χ3v) is 3.92. The van der Waals surface area contributed by atoms with Gasteiger partial charge in [0.25, 0.3) is 0 Å². The molecule has 6 nitrogen and oxygen atoms in total. The lowest BCUT2D eigenvalue weighted by Crippen LogP contribution is -2.29. The molecule has 0 fully saturated rings. The van der Waals surface area contributed by atoms with Gasteiger partial charge in [0.2, 0.25) is 0 Å². The van der Waals surface area contributed by atoms with E-state index in [-0.39, 0.29) is 0 Å². The number of rotatable bonds is 2. The van der Waals surface area contributed by atoms with Crippen LogP contribution in [0.3, 0.4) is 0 Å². The summed E-state index contributed by atoms with van der Waals surface area (Å²) in [5.41, 5.74) is 2.67. The molecule has 1 N–H and O–H groups in total. The number of aromatic nitrogens is 3. The van der Waals surface area contributed by atoms with Gasteiger partial charge < -0.3 is 9.82 Å². The number of para-hydroxylation sites is 1. The molecular weight excluding hydrogens is 306 g/mol. The summed E-state index contributed by atoms with van der Waals surface area (Å²) in [6, 6.07) is 14.2. The van der Waals surface area contributed by atoms with E-state index in [4.69, 9.17) is 4.84 Å². The number of aryl methyl sites for hydroxylation is 1. The highest BCUT2D eigenvalue weighted by Gasteiger charge is 2.21. The van der Waals surface area contributed by atoms with Crippen molar-refractivity contribution in [3.63, 3.8) is 0 Å². The third kappa shape index (κ3) is 2.16. The number of pyridine rings is 1. The standard InChI is InChI=1S/C18H13N3O3/c1-11-6-5-9-13-15(11)19-10-14-16(13)20-21(17(14)22)24-18(23)12-7-3-2-4-8-12/h2-10,19H,1H3. The quantitative estimate of drug-likeness (QED) is 0.615. The maximum Gasteiger partial charge on any atom is 0.365 e. The number of carbonyl (C=O) groups excluding carboxylic acids is 1. The second-order valence-corrected chi connectivity index (χ2v) is 5.47. The molecule has 2 heterocycles. The van der Waals surface area contributed by atoms with Gasteiger partial charge in [-0.15, -0.1) is 5.10 Å². The maximum atomic E-state index is 12.4. The van der Waals surface area contributed by atoms with Crippen LogP contribution < -0.4 is 10.4 Å². The van der Waals surface area contributed by atoms with Gasteiger partial charge >= 0.3 is 11.5 Å². The van der Waals surface area contributed by atoms with Crippen LogP contribution in [0.4, 0.5) is 0 Å². The molecule has 2 aliphatic heterocycles. The first-order valence-corrected chi connectivity index (χ1v) is 7.42. The zero-order valence-corrected chi connectivity index (χ0v) is 12.8. The van der Waals surface area contributed by atoms with E-state index >= 15 is 0 Å². The van der Waals surface area contributed by atoms with Crippen molar-refractivity contribution in [3.8, 4) is 11.3 Å². The van der Waals surface area contributed by atoms with Gasteiger partial charge in [0.05, 0.1) is 16.6 Å². The summed E-state index contributed by atoms with van der Waals surface area (Å²) in [5.74, 6) is -0.634. The number of aromatic amines is 1. The van der Waals surface area contributed by atoms with Crippen LogP contribution >= 0.6 is 0 Å². The highest BCUT2D eigenvalue weighted by molar-refractivity contribution is 5.95. The van der Waals surface area contributed by atoms with E-state index in [2.05, 4.69) is 10.1 Å². The molecule has 0 aliphatic carbocycles. The molecule has 2 aromatic rings. The summed E-state index contributed by atoms with van der Waals surface area (Å²) in [4.78, 5) is 33.5. The summed E-state index contributed by atoms with van der Waals surface area (Å²) in [6.07, 6.45) is 1.59. The Morgan fingerprint density at radius 2 is 1.92 bits per heavy atom. The highest BCUT2D eigenvalue weighted by atomic mass is 16.7. The van der Waals surface area contributed by atoms with Crippen molar-refractivity contribution >= 4 is 16.9 Å². The van der Waals surface area contributed by atoms with Crippen LogP contribution in [0, 0.1) is 6.92 Å². The summed E-state index contributed by atoms with van der Waals surface area (Å²) in [5, 5.41) is 4.99. The molecule has 0 unspecified atom stereocenters. The molecule has 0 atom stereocenters. The Balaban J connectivity index is 1.83. The normalized spacial score (nSPS) is 11.0. The molecule has 0 bridgehead atoms. The zero-order chi connectivity index (χ0) is 16.7. The number of fused-ring (bicyclic) bond motifs is 3. The Labute approximate surface area is 136 Å². The first-order valence-electron chi connectivity index (χ1n) is 7.42. The average molecular weight is 319 g/mol. The SMILES string of the molecule is Cc1cccc2c3nn(OC(=O)c4ccccc4)c(=O)c-3c[nH]c12. The lowest BCUT2D eigenvalue weighted by Gasteiger charge is -2.04. The van der Waals surface area contributed by atoms with E-state index in [1.165, 1.54) is 0 Å².